The molecule has 2 aromatic carbocycles. The fourth-order valence-electron chi connectivity index (χ4n) is 2.05. The largest absolute Gasteiger partial charge is 0.748 e. The van der Waals surface area contributed by atoms with E-state index in [0.717, 1.165) is 20.3 Å². The van der Waals surface area contributed by atoms with Crippen LogP contribution in [0.4, 0.5) is 0 Å². The van der Waals surface area contributed by atoms with E-state index in [2.05, 4.69) is 17.1 Å². The first-order valence-electron chi connectivity index (χ1n) is 8.30. The number of hydrogen-bond acceptors (Lipinski definition) is 7. The average Bonchev–Trinajstić information content (AvgIpc) is 3.07. The minimum absolute atomic E-state index is 0.301. The van der Waals surface area contributed by atoms with E-state index in [1.165, 1.54) is 29.1 Å². The molecule has 6 nitrogen and oxygen atoms in total. The predicted octanol–water partition coefficient (Wildman–Crippen LogP) is 2.32. The Balaban J connectivity index is 0.000000221. The molecule has 3 rings (SSSR count). The van der Waals surface area contributed by atoms with Crippen molar-refractivity contribution in [3.05, 3.63) is 60.2 Å². The maximum Gasteiger partial charge on any atom is 0.300 e. The van der Waals surface area contributed by atoms with Crippen LogP contribution in [0.25, 0.3) is 10.2 Å². The molecular formula is C18H21N3O3S4. The number of fused-ring (bicyclic) bond motifs is 1. The number of para-hydroxylation sites is 1. The van der Waals surface area contributed by atoms with Crippen molar-refractivity contribution in [1.82, 2.24) is 4.98 Å². The van der Waals surface area contributed by atoms with Crippen LogP contribution in [0, 0.1) is 0 Å². The number of rotatable bonds is 7. The first kappa shape index (κ1) is 22.7. The first-order valence-corrected chi connectivity index (χ1v) is 12.7. The van der Waals surface area contributed by atoms with Gasteiger partial charge in [0.2, 0.25) is 0 Å². The van der Waals surface area contributed by atoms with Gasteiger partial charge in [0.25, 0.3) is 5.17 Å². The Labute approximate surface area is 177 Å². The number of nitrogens with two attached hydrogens (primary N) is 2. The van der Waals surface area contributed by atoms with E-state index in [4.69, 9.17) is 11.1 Å². The molecule has 28 heavy (non-hydrogen) atoms. The van der Waals surface area contributed by atoms with Crippen LogP contribution in [-0.2, 0) is 15.9 Å². The van der Waals surface area contributed by atoms with Gasteiger partial charge in [0.15, 0.2) is 4.34 Å². The summed E-state index contributed by atoms with van der Waals surface area (Å²) >= 11 is 4.53. The zero-order valence-corrected chi connectivity index (χ0v) is 18.3. The van der Waals surface area contributed by atoms with E-state index in [1.54, 1.807) is 11.3 Å². The topological polar surface area (TPSA) is 122 Å². The Kier molecular flexibility index (Phi) is 9.26. The van der Waals surface area contributed by atoms with Crippen molar-refractivity contribution in [3.63, 3.8) is 0 Å². The summed E-state index contributed by atoms with van der Waals surface area (Å²) in [6.45, 7) is 0. The first-order chi connectivity index (χ1) is 13.3. The molecular weight excluding hydrogens is 434 g/mol. The molecule has 1 heterocycles. The Morgan fingerprint density at radius 2 is 1.82 bits per heavy atom. The maximum absolute atomic E-state index is 10.4. The Morgan fingerprint density at radius 1 is 1.14 bits per heavy atom. The highest BCUT2D eigenvalue weighted by molar-refractivity contribution is 8.12. The van der Waals surface area contributed by atoms with Gasteiger partial charge in [0.05, 0.1) is 20.3 Å². The van der Waals surface area contributed by atoms with Gasteiger partial charge in [-0.15, -0.1) is 11.3 Å². The van der Waals surface area contributed by atoms with Gasteiger partial charge >= 0.3 is 0 Å². The predicted molar refractivity (Wildman–Crippen MR) is 118 cm³/mol. The van der Waals surface area contributed by atoms with Crippen molar-refractivity contribution < 1.29 is 18.4 Å². The third kappa shape index (κ3) is 9.07. The third-order valence-corrected chi connectivity index (χ3v) is 7.15. The Morgan fingerprint density at radius 3 is 2.46 bits per heavy atom. The molecule has 0 aliphatic rings. The van der Waals surface area contributed by atoms with Gasteiger partial charge < -0.3 is 4.55 Å². The van der Waals surface area contributed by atoms with Crippen LogP contribution in [0.2, 0.25) is 0 Å². The van der Waals surface area contributed by atoms with Crippen LogP contribution in [0.3, 0.4) is 0 Å². The molecule has 0 saturated carbocycles. The van der Waals surface area contributed by atoms with Gasteiger partial charge in [-0.3, -0.25) is 11.1 Å². The highest BCUT2D eigenvalue weighted by Crippen LogP contribution is 2.29. The highest BCUT2D eigenvalue weighted by Gasteiger charge is 2.04. The summed E-state index contributed by atoms with van der Waals surface area (Å²) in [5.74, 6) is 1.15. The Bertz CT molecular complexity index is 958. The van der Waals surface area contributed by atoms with E-state index in [9.17, 15) is 13.0 Å². The minimum atomic E-state index is -4.08. The van der Waals surface area contributed by atoms with E-state index >= 15 is 0 Å². The van der Waals surface area contributed by atoms with Crippen LogP contribution in [0.15, 0.2) is 58.9 Å². The molecule has 0 spiro atoms. The van der Waals surface area contributed by atoms with Crippen molar-refractivity contribution in [1.29, 1.82) is 0 Å². The lowest BCUT2D eigenvalue weighted by Gasteiger charge is -2.04. The second-order valence-corrected chi connectivity index (χ2v) is 10.5. The second kappa shape index (κ2) is 11.4. The molecule has 0 atom stereocenters. The average molecular weight is 456 g/mol. The normalized spacial score (nSPS) is 11.0. The van der Waals surface area contributed by atoms with E-state index in [-0.39, 0.29) is 5.75 Å². The quantitative estimate of drug-likeness (QED) is 0.184. The Hall–Kier alpha value is -1.59. The number of aromatic nitrogens is 1. The lowest BCUT2D eigenvalue weighted by Crippen LogP contribution is -2.43. The number of thiazole rings is 1. The molecule has 0 fully saturated rings. The number of nitrogens with zero attached hydrogens (tertiary/aromatic N) is 1. The van der Waals surface area contributed by atoms with Crippen LogP contribution in [0.5, 0.6) is 0 Å². The van der Waals surface area contributed by atoms with Crippen LogP contribution in [0.1, 0.15) is 12.0 Å². The zero-order chi connectivity index (χ0) is 20.4. The fraction of sp³-hybridized carbons (Fsp3) is 0.222. The molecule has 3 aromatic rings. The molecule has 0 bridgehead atoms. The molecule has 4 N–H and O–H groups in total. The minimum Gasteiger partial charge on any atom is -0.748 e. The molecule has 0 radical (unpaired) electrons. The highest BCUT2D eigenvalue weighted by atomic mass is 32.2. The number of hydrogen-bond donors (Lipinski definition) is 2. The SMILES string of the molecule is NC(=[NH2+])SCc1ccccc1.O=S(=O)([O-])CCCSc1nc2ccccc2s1. The molecule has 0 saturated heterocycles. The number of amidine groups is 1. The molecule has 150 valence electrons. The van der Waals surface area contributed by atoms with Crippen molar-refractivity contribution >= 4 is 60.4 Å². The lowest BCUT2D eigenvalue weighted by atomic mass is 10.2. The fourth-order valence-corrected chi connectivity index (χ4v) is 5.33. The summed E-state index contributed by atoms with van der Waals surface area (Å²) in [6.07, 6.45) is 0.367. The summed E-state index contributed by atoms with van der Waals surface area (Å²) in [4.78, 5) is 4.40. The number of benzene rings is 2. The molecule has 0 aliphatic carbocycles. The van der Waals surface area contributed by atoms with E-state index < -0.39 is 10.1 Å². The summed E-state index contributed by atoms with van der Waals surface area (Å²) < 4.78 is 33.2. The van der Waals surface area contributed by atoms with Gasteiger partial charge in [0, 0.05) is 17.3 Å². The molecule has 10 heteroatoms. The van der Waals surface area contributed by atoms with Crippen molar-refractivity contribution in [3.8, 4) is 0 Å². The van der Waals surface area contributed by atoms with Gasteiger partial charge in [-0.1, -0.05) is 54.2 Å². The van der Waals surface area contributed by atoms with Gasteiger partial charge in [-0.2, -0.15) is 0 Å². The molecule has 0 unspecified atom stereocenters. The zero-order valence-electron chi connectivity index (χ0n) is 15.0. The number of thioether (sulfide) groups is 2. The van der Waals surface area contributed by atoms with E-state index in [0.29, 0.717) is 17.3 Å². The van der Waals surface area contributed by atoms with Crippen LogP contribution < -0.4 is 11.1 Å². The van der Waals surface area contributed by atoms with Crippen LogP contribution in [-0.4, -0.2) is 34.6 Å². The van der Waals surface area contributed by atoms with Gasteiger partial charge in [0.1, 0.15) is 0 Å². The summed E-state index contributed by atoms with van der Waals surface area (Å²) in [6, 6.07) is 17.9. The van der Waals surface area contributed by atoms with Gasteiger partial charge in [-0.05, 0) is 35.9 Å². The van der Waals surface area contributed by atoms with Crippen molar-refractivity contribution in [2.75, 3.05) is 11.5 Å². The standard InChI is InChI=1S/C10H11NO3S3.C8H10N2S/c12-17(13,14)7-3-6-15-10-11-8-4-1-2-5-9(8)16-10;9-8(10)11-6-7-4-2-1-3-5-7/h1-2,4-5H,3,6-7H2,(H,12,13,14);1-5H,6H2,(H3,9,10). The summed E-state index contributed by atoms with van der Waals surface area (Å²) in [5, 5.41) is 5.72. The van der Waals surface area contributed by atoms with Gasteiger partial charge in [-0.25, -0.2) is 13.4 Å². The lowest BCUT2D eigenvalue weighted by molar-refractivity contribution is -0.110. The molecule has 0 amide bonds. The molecule has 0 aliphatic heterocycles. The van der Waals surface area contributed by atoms with Crippen molar-refractivity contribution in [2.24, 2.45) is 5.73 Å². The summed E-state index contributed by atoms with van der Waals surface area (Å²) in [5.41, 5.74) is 7.49. The van der Waals surface area contributed by atoms with E-state index in [1.807, 2.05) is 42.5 Å². The second-order valence-electron chi connectivity index (χ2n) is 5.59. The van der Waals surface area contributed by atoms with Crippen molar-refractivity contribution in [2.45, 2.75) is 16.5 Å². The maximum atomic E-state index is 10.4. The molecule has 1 aromatic heterocycles. The monoisotopic (exact) mass is 455 g/mol. The van der Waals surface area contributed by atoms with Crippen LogP contribution >= 0.6 is 34.9 Å². The smallest absolute Gasteiger partial charge is 0.300 e. The summed E-state index contributed by atoms with van der Waals surface area (Å²) in [7, 11) is -4.08. The third-order valence-electron chi connectivity index (χ3n) is 3.29.